The molecule has 88 valence electrons. The summed E-state index contributed by atoms with van der Waals surface area (Å²) in [5, 5.41) is 12.5. The lowest BCUT2D eigenvalue weighted by atomic mass is 10.2. The molecule has 0 fully saturated rings. The van der Waals surface area contributed by atoms with Crippen LogP contribution in [0.1, 0.15) is 11.1 Å². The molecule has 0 saturated carbocycles. The number of aryl methyl sites for hydroxylation is 1. The molecule has 0 spiro atoms. The molecule has 0 atom stereocenters. The van der Waals surface area contributed by atoms with Crippen LogP contribution >= 0.6 is 22.6 Å². The summed E-state index contributed by atoms with van der Waals surface area (Å²) in [5.41, 5.74) is 3.56. The van der Waals surface area contributed by atoms with Crippen LogP contribution in [0.25, 0.3) is 0 Å². The molecule has 2 N–H and O–H groups in total. The maximum atomic E-state index is 9.19. The zero-order valence-electron chi connectivity index (χ0n) is 9.57. The maximum absolute atomic E-state index is 9.19. The fourth-order valence-electron chi connectivity index (χ4n) is 1.52. The summed E-state index contributed by atoms with van der Waals surface area (Å²) >= 11 is 2.34. The first kappa shape index (κ1) is 12.2. The predicted molar refractivity (Wildman–Crippen MR) is 79.3 cm³/mol. The first-order chi connectivity index (χ1) is 8.15. The van der Waals surface area contributed by atoms with E-state index in [4.69, 9.17) is 0 Å². The topological polar surface area (TPSA) is 32.3 Å². The lowest BCUT2D eigenvalue weighted by molar-refractivity contribution is 0.475. The molecule has 2 nitrogen and oxygen atoms in total. The molecular formula is C14H14INO. The molecule has 0 saturated heterocycles. The van der Waals surface area contributed by atoms with E-state index in [0.29, 0.717) is 5.75 Å². The second kappa shape index (κ2) is 5.40. The van der Waals surface area contributed by atoms with Gasteiger partial charge >= 0.3 is 0 Å². The van der Waals surface area contributed by atoms with E-state index in [2.05, 4.69) is 53.0 Å². The van der Waals surface area contributed by atoms with E-state index in [9.17, 15) is 5.11 Å². The number of benzene rings is 2. The van der Waals surface area contributed by atoms with Crippen molar-refractivity contribution in [2.45, 2.75) is 13.5 Å². The SMILES string of the molecule is Cc1ccc(NCc2ccc(O)cc2)cc1I. The molecule has 0 aromatic heterocycles. The van der Waals surface area contributed by atoms with E-state index in [1.54, 1.807) is 12.1 Å². The minimum absolute atomic E-state index is 0.304. The molecule has 3 heteroatoms. The van der Waals surface area contributed by atoms with Gasteiger partial charge in [-0.1, -0.05) is 18.2 Å². The minimum Gasteiger partial charge on any atom is -0.508 e. The number of nitrogens with one attached hydrogen (secondary N) is 1. The fourth-order valence-corrected chi connectivity index (χ4v) is 2.04. The quantitative estimate of drug-likeness (QED) is 0.831. The van der Waals surface area contributed by atoms with Crippen LogP contribution in [0.4, 0.5) is 5.69 Å². The van der Waals surface area contributed by atoms with Crippen LogP contribution in [0.3, 0.4) is 0 Å². The zero-order valence-corrected chi connectivity index (χ0v) is 11.7. The van der Waals surface area contributed by atoms with Crippen molar-refractivity contribution < 1.29 is 5.11 Å². The molecule has 2 rings (SSSR count). The Hall–Kier alpha value is -1.23. The Labute approximate surface area is 115 Å². The van der Waals surface area contributed by atoms with Crippen LogP contribution < -0.4 is 5.32 Å². The normalized spacial score (nSPS) is 10.2. The molecule has 17 heavy (non-hydrogen) atoms. The summed E-state index contributed by atoms with van der Waals surface area (Å²) in [6, 6.07) is 13.6. The maximum Gasteiger partial charge on any atom is 0.115 e. The summed E-state index contributed by atoms with van der Waals surface area (Å²) in [6.07, 6.45) is 0. The van der Waals surface area contributed by atoms with Crippen molar-refractivity contribution in [2.75, 3.05) is 5.32 Å². The van der Waals surface area contributed by atoms with Crippen molar-refractivity contribution in [1.82, 2.24) is 0 Å². The summed E-state index contributed by atoms with van der Waals surface area (Å²) in [5.74, 6) is 0.304. The van der Waals surface area contributed by atoms with Crippen LogP contribution in [-0.4, -0.2) is 5.11 Å². The average Bonchev–Trinajstić information content (AvgIpc) is 2.33. The van der Waals surface area contributed by atoms with Crippen molar-refractivity contribution >= 4 is 28.3 Å². The number of phenolic OH excluding ortho intramolecular Hbond substituents is 1. The van der Waals surface area contributed by atoms with E-state index >= 15 is 0 Å². The number of hydrogen-bond donors (Lipinski definition) is 2. The Morgan fingerprint density at radius 3 is 2.47 bits per heavy atom. The van der Waals surface area contributed by atoms with E-state index in [0.717, 1.165) is 17.8 Å². The monoisotopic (exact) mass is 339 g/mol. The van der Waals surface area contributed by atoms with Crippen LogP contribution in [0.15, 0.2) is 42.5 Å². The molecule has 2 aromatic rings. The summed E-state index contributed by atoms with van der Waals surface area (Å²) in [6.45, 7) is 2.87. The van der Waals surface area contributed by atoms with Gasteiger partial charge in [-0.15, -0.1) is 0 Å². The van der Waals surface area contributed by atoms with Crippen molar-refractivity contribution in [3.8, 4) is 5.75 Å². The van der Waals surface area contributed by atoms with Crippen LogP contribution in [0, 0.1) is 10.5 Å². The van der Waals surface area contributed by atoms with Gasteiger partial charge in [-0.3, -0.25) is 0 Å². The number of phenols is 1. The van der Waals surface area contributed by atoms with Crippen LogP contribution in [0.5, 0.6) is 5.75 Å². The molecule has 0 heterocycles. The summed E-state index contributed by atoms with van der Waals surface area (Å²) in [4.78, 5) is 0. The van der Waals surface area contributed by atoms with Gasteiger partial charge in [-0.05, 0) is 64.9 Å². The van der Waals surface area contributed by atoms with Crippen molar-refractivity contribution in [1.29, 1.82) is 0 Å². The average molecular weight is 339 g/mol. The first-order valence-electron chi connectivity index (χ1n) is 5.43. The van der Waals surface area contributed by atoms with Gasteiger partial charge in [0.05, 0.1) is 0 Å². The summed E-state index contributed by atoms with van der Waals surface area (Å²) in [7, 11) is 0. The number of aromatic hydroxyl groups is 1. The van der Waals surface area contributed by atoms with E-state index in [1.165, 1.54) is 9.13 Å². The molecule has 0 amide bonds. The fraction of sp³-hybridized carbons (Fsp3) is 0.143. The molecule has 0 aliphatic rings. The Morgan fingerprint density at radius 1 is 1.12 bits per heavy atom. The largest absolute Gasteiger partial charge is 0.508 e. The third-order valence-electron chi connectivity index (χ3n) is 2.60. The highest BCUT2D eigenvalue weighted by atomic mass is 127. The van der Waals surface area contributed by atoms with Gasteiger partial charge in [-0.2, -0.15) is 0 Å². The van der Waals surface area contributed by atoms with Gasteiger partial charge in [0, 0.05) is 15.8 Å². The second-order valence-electron chi connectivity index (χ2n) is 3.98. The lowest BCUT2D eigenvalue weighted by Crippen LogP contribution is -1.99. The van der Waals surface area contributed by atoms with Crippen molar-refractivity contribution in [3.05, 3.63) is 57.2 Å². The molecular weight excluding hydrogens is 325 g/mol. The molecule has 0 aliphatic carbocycles. The van der Waals surface area contributed by atoms with Gasteiger partial charge in [0.15, 0.2) is 0 Å². The first-order valence-corrected chi connectivity index (χ1v) is 6.51. The highest BCUT2D eigenvalue weighted by Gasteiger charge is 1.98. The third-order valence-corrected chi connectivity index (χ3v) is 3.77. The molecule has 0 unspecified atom stereocenters. The van der Waals surface area contributed by atoms with Crippen LogP contribution in [0.2, 0.25) is 0 Å². The van der Waals surface area contributed by atoms with Crippen LogP contribution in [-0.2, 0) is 6.54 Å². The highest BCUT2D eigenvalue weighted by Crippen LogP contribution is 2.18. The number of hydrogen-bond acceptors (Lipinski definition) is 2. The summed E-state index contributed by atoms with van der Waals surface area (Å²) < 4.78 is 1.26. The van der Waals surface area contributed by atoms with E-state index in [-0.39, 0.29) is 0 Å². The number of rotatable bonds is 3. The van der Waals surface area contributed by atoms with Gasteiger partial charge < -0.3 is 10.4 Å². The van der Waals surface area contributed by atoms with Crippen molar-refractivity contribution in [2.24, 2.45) is 0 Å². The zero-order chi connectivity index (χ0) is 12.3. The Kier molecular flexibility index (Phi) is 3.89. The number of halogens is 1. The van der Waals surface area contributed by atoms with Gasteiger partial charge in [-0.25, -0.2) is 0 Å². The van der Waals surface area contributed by atoms with Gasteiger partial charge in [0.2, 0.25) is 0 Å². The number of anilines is 1. The standard InChI is InChI=1S/C14H14INO/c1-10-2-5-12(8-14(10)15)16-9-11-3-6-13(17)7-4-11/h2-8,16-17H,9H2,1H3. The van der Waals surface area contributed by atoms with Gasteiger partial charge in [0.1, 0.15) is 5.75 Å². The third kappa shape index (κ3) is 3.36. The minimum atomic E-state index is 0.304. The highest BCUT2D eigenvalue weighted by molar-refractivity contribution is 14.1. The Morgan fingerprint density at radius 2 is 1.82 bits per heavy atom. The molecule has 0 aliphatic heterocycles. The molecule has 0 radical (unpaired) electrons. The van der Waals surface area contributed by atoms with Gasteiger partial charge in [0.25, 0.3) is 0 Å². The second-order valence-corrected chi connectivity index (χ2v) is 5.15. The lowest BCUT2D eigenvalue weighted by Gasteiger charge is -2.08. The predicted octanol–water partition coefficient (Wildman–Crippen LogP) is 3.92. The van der Waals surface area contributed by atoms with E-state index < -0.39 is 0 Å². The van der Waals surface area contributed by atoms with E-state index in [1.807, 2.05) is 12.1 Å². The Balaban J connectivity index is 2.02. The van der Waals surface area contributed by atoms with Crippen molar-refractivity contribution in [3.63, 3.8) is 0 Å². The molecule has 2 aromatic carbocycles. The Bertz CT molecular complexity index is 508. The molecule has 0 bridgehead atoms. The smallest absolute Gasteiger partial charge is 0.115 e.